The van der Waals surface area contributed by atoms with Crippen LogP contribution in [-0.4, -0.2) is 54.3 Å². The molecule has 2 aromatic carbocycles. The smallest absolute Gasteiger partial charge is 0.329 e. The van der Waals surface area contributed by atoms with Gasteiger partial charge in [0.1, 0.15) is 6.04 Å². The van der Waals surface area contributed by atoms with Gasteiger partial charge in [0.25, 0.3) is 11.8 Å². The number of fused-ring (bicyclic) bond motifs is 2. The Labute approximate surface area is 172 Å². The second-order valence-electron chi connectivity index (χ2n) is 6.94. The van der Waals surface area contributed by atoms with Crippen LogP contribution in [0.5, 0.6) is 11.5 Å². The van der Waals surface area contributed by atoms with Crippen molar-refractivity contribution in [2.75, 3.05) is 19.8 Å². The van der Waals surface area contributed by atoms with Crippen LogP contribution >= 0.6 is 0 Å². The van der Waals surface area contributed by atoms with Gasteiger partial charge in [-0.3, -0.25) is 19.3 Å². The Morgan fingerprint density at radius 2 is 1.63 bits per heavy atom. The number of hydrogen-bond acceptors (Lipinski definition) is 7. The molecule has 2 aliphatic heterocycles. The van der Waals surface area contributed by atoms with Gasteiger partial charge in [-0.05, 0) is 37.3 Å². The zero-order valence-electron chi connectivity index (χ0n) is 16.3. The summed E-state index contributed by atoms with van der Waals surface area (Å²) in [5, 5.41) is 0. The molecule has 0 N–H and O–H groups in total. The van der Waals surface area contributed by atoms with Crippen molar-refractivity contribution in [1.29, 1.82) is 0 Å². The number of ketones is 1. The van der Waals surface area contributed by atoms with E-state index in [0.29, 0.717) is 30.3 Å². The number of benzene rings is 2. The maximum absolute atomic E-state index is 12.5. The Balaban J connectivity index is 1.40. The Kier molecular flexibility index (Phi) is 5.22. The molecule has 2 amide bonds. The SMILES string of the molecule is C[C@@H](C(=O)OCC(=O)c1ccc2c(c1)OCCCO2)N1C(=O)c2ccccc2C1=O. The molecule has 4 rings (SSSR count). The number of esters is 1. The van der Waals surface area contributed by atoms with Crippen molar-refractivity contribution < 1.29 is 33.4 Å². The molecule has 2 heterocycles. The first-order valence-corrected chi connectivity index (χ1v) is 9.54. The van der Waals surface area contributed by atoms with Gasteiger partial charge in [0.15, 0.2) is 23.9 Å². The fourth-order valence-corrected chi connectivity index (χ4v) is 3.34. The van der Waals surface area contributed by atoms with Gasteiger partial charge in [-0.25, -0.2) is 4.79 Å². The predicted molar refractivity (Wildman–Crippen MR) is 104 cm³/mol. The Hall–Kier alpha value is -3.68. The second kappa shape index (κ2) is 7.98. The summed E-state index contributed by atoms with van der Waals surface area (Å²) >= 11 is 0. The number of Topliss-reactive ketones (excluding diaryl/α,β-unsaturated/α-hetero) is 1. The van der Waals surface area contributed by atoms with E-state index in [2.05, 4.69) is 0 Å². The number of imide groups is 1. The Morgan fingerprint density at radius 3 is 2.30 bits per heavy atom. The van der Waals surface area contributed by atoms with E-state index in [1.165, 1.54) is 19.1 Å². The van der Waals surface area contributed by atoms with Crippen LogP contribution in [0.2, 0.25) is 0 Å². The van der Waals surface area contributed by atoms with Gasteiger partial charge in [0.05, 0.1) is 24.3 Å². The lowest BCUT2D eigenvalue weighted by Crippen LogP contribution is -2.44. The number of carbonyl (C=O) groups is 4. The van der Waals surface area contributed by atoms with Crippen LogP contribution in [0, 0.1) is 0 Å². The Bertz CT molecular complexity index is 1010. The van der Waals surface area contributed by atoms with Gasteiger partial charge in [-0.1, -0.05) is 12.1 Å². The largest absolute Gasteiger partial charge is 0.490 e. The molecular weight excluding hydrogens is 390 g/mol. The minimum Gasteiger partial charge on any atom is -0.490 e. The average Bonchev–Trinajstić information content (AvgIpc) is 2.91. The molecule has 8 nitrogen and oxygen atoms in total. The number of nitrogens with zero attached hydrogens (tertiary/aromatic N) is 1. The normalized spacial score (nSPS) is 16.0. The summed E-state index contributed by atoms with van der Waals surface area (Å²) in [6.45, 7) is 1.89. The van der Waals surface area contributed by atoms with Crippen molar-refractivity contribution >= 4 is 23.6 Å². The molecule has 0 aromatic heterocycles. The van der Waals surface area contributed by atoms with Gasteiger partial charge in [-0.15, -0.1) is 0 Å². The third-order valence-corrected chi connectivity index (χ3v) is 4.97. The third kappa shape index (κ3) is 3.52. The number of ether oxygens (including phenoxy) is 3. The topological polar surface area (TPSA) is 99.2 Å². The summed E-state index contributed by atoms with van der Waals surface area (Å²) in [7, 11) is 0. The first-order chi connectivity index (χ1) is 14.5. The summed E-state index contributed by atoms with van der Waals surface area (Å²) < 4.78 is 16.2. The summed E-state index contributed by atoms with van der Waals surface area (Å²) in [5.74, 6) is -1.38. The molecule has 2 aromatic rings. The number of carbonyl (C=O) groups excluding carboxylic acids is 4. The molecule has 0 unspecified atom stereocenters. The van der Waals surface area contributed by atoms with Gasteiger partial charge in [-0.2, -0.15) is 0 Å². The molecule has 0 spiro atoms. The van der Waals surface area contributed by atoms with Gasteiger partial charge < -0.3 is 14.2 Å². The van der Waals surface area contributed by atoms with Crippen LogP contribution in [-0.2, 0) is 9.53 Å². The lowest BCUT2D eigenvalue weighted by atomic mass is 10.1. The summed E-state index contributed by atoms with van der Waals surface area (Å²) in [5.41, 5.74) is 0.788. The van der Waals surface area contributed by atoms with Crippen LogP contribution in [0.1, 0.15) is 44.4 Å². The molecular formula is C22H19NO7. The Morgan fingerprint density at radius 1 is 1.00 bits per heavy atom. The maximum Gasteiger partial charge on any atom is 0.329 e. The molecule has 0 saturated heterocycles. The standard InChI is InChI=1S/C22H19NO7/c1-13(23-20(25)15-5-2-3-6-16(15)21(23)26)22(27)30-12-17(24)14-7-8-18-19(11-14)29-10-4-9-28-18/h2-3,5-8,11,13H,4,9-10,12H2,1H3/t13-/m0/s1. The van der Waals surface area contributed by atoms with E-state index in [1.54, 1.807) is 30.3 Å². The zero-order chi connectivity index (χ0) is 21.3. The van der Waals surface area contributed by atoms with E-state index < -0.39 is 36.2 Å². The highest BCUT2D eigenvalue weighted by molar-refractivity contribution is 6.22. The number of amides is 2. The van der Waals surface area contributed by atoms with Crippen LogP contribution in [0.25, 0.3) is 0 Å². The lowest BCUT2D eigenvalue weighted by molar-refractivity contribution is -0.146. The number of hydrogen-bond donors (Lipinski definition) is 0. The summed E-state index contributed by atoms with van der Waals surface area (Å²) in [6, 6.07) is 9.94. The van der Waals surface area contributed by atoms with Gasteiger partial charge in [0, 0.05) is 12.0 Å². The van der Waals surface area contributed by atoms with Crippen molar-refractivity contribution in [3.63, 3.8) is 0 Å². The van der Waals surface area contributed by atoms with Crippen molar-refractivity contribution in [2.45, 2.75) is 19.4 Å². The lowest BCUT2D eigenvalue weighted by Gasteiger charge is -2.20. The van der Waals surface area contributed by atoms with Gasteiger partial charge >= 0.3 is 5.97 Å². The predicted octanol–water partition coefficient (Wildman–Crippen LogP) is 2.26. The molecule has 0 saturated carbocycles. The van der Waals surface area contributed by atoms with E-state index in [1.807, 2.05) is 0 Å². The molecule has 1 atom stereocenters. The molecule has 8 heteroatoms. The third-order valence-electron chi connectivity index (χ3n) is 4.97. The minimum atomic E-state index is -1.16. The van der Waals surface area contributed by atoms with Crippen LogP contribution in [0.4, 0.5) is 0 Å². The van der Waals surface area contributed by atoms with Crippen molar-refractivity contribution in [1.82, 2.24) is 4.90 Å². The van der Waals surface area contributed by atoms with Crippen LogP contribution in [0.15, 0.2) is 42.5 Å². The average molecular weight is 409 g/mol. The molecule has 0 bridgehead atoms. The van der Waals surface area contributed by atoms with Crippen LogP contribution < -0.4 is 9.47 Å². The summed E-state index contributed by atoms with van der Waals surface area (Å²) in [6.07, 6.45) is 0.741. The molecule has 0 aliphatic carbocycles. The zero-order valence-corrected chi connectivity index (χ0v) is 16.3. The molecule has 154 valence electrons. The quantitative estimate of drug-likeness (QED) is 0.424. The molecule has 2 aliphatic rings. The molecule has 30 heavy (non-hydrogen) atoms. The van der Waals surface area contributed by atoms with Crippen molar-refractivity contribution in [2.24, 2.45) is 0 Å². The van der Waals surface area contributed by atoms with E-state index in [-0.39, 0.29) is 11.1 Å². The van der Waals surface area contributed by atoms with Crippen molar-refractivity contribution in [3.05, 3.63) is 59.2 Å². The minimum absolute atomic E-state index is 0.241. The van der Waals surface area contributed by atoms with E-state index >= 15 is 0 Å². The fourth-order valence-electron chi connectivity index (χ4n) is 3.34. The highest BCUT2D eigenvalue weighted by Crippen LogP contribution is 2.30. The highest BCUT2D eigenvalue weighted by Gasteiger charge is 2.41. The van der Waals surface area contributed by atoms with Crippen LogP contribution in [0.3, 0.4) is 0 Å². The second-order valence-corrected chi connectivity index (χ2v) is 6.94. The maximum atomic E-state index is 12.5. The monoisotopic (exact) mass is 409 g/mol. The molecule has 0 radical (unpaired) electrons. The number of rotatable bonds is 5. The van der Waals surface area contributed by atoms with Gasteiger partial charge in [0.2, 0.25) is 0 Å². The first-order valence-electron chi connectivity index (χ1n) is 9.54. The van der Waals surface area contributed by atoms with E-state index in [9.17, 15) is 19.2 Å². The molecule has 0 fully saturated rings. The first kappa shape index (κ1) is 19.6. The summed E-state index contributed by atoms with van der Waals surface area (Å²) in [4.78, 5) is 50.7. The fraction of sp³-hybridized carbons (Fsp3) is 0.273. The van der Waals surface area contributed by atoms with Crippen molar-refractivity contribution in [3.8, 4) is 11.5 Å². The van der Waals surface area contributed by atoms with E-state index in [0.717, 1.165) is 11.3 Å². The van der Waals surface area contributed by atoms with E-state index in [4.69, 9.17) is 14.2 Å². The highest BCUT2D eigenvalue weighted by atomic mass is 16.5.